The van der Waals surface area contributed by atoms with Crippen LogP contribution in [0.1, 0.15) is 18.1 Å². The lowest BCUT2D eigenvalue weighted by Gasteiger charge is -2.01. The van der Waals surface area contributed by atoms with Crippen LogP contribution in [0.2, 0.25) is 0 Å². The summed E-state index contributed by atoms with van der Waals surface area (Å²) < 4.78 is 6.59. The Morgan fingerprint density at radius 1 is 1.19 bits per heavy atom. The van der Waals surface area contributed by atoms with Crippen LogP contribution >= 0.6 is 0 Å². The number of hydrogen-bond acceptors (Lipinski definition) is 4. The minimum atomic E-state index is -0.587. The molecule has 0 bridgehead atoms. The number of hydrazone groups is 1. The van der Waals surface area contributed by atoms with Crippen molar-refractivity contribution < 1.29 is 9.53 Å². The monoisotopic (exact) mass is 348 g/mol. The van der Waals surface area contributed by atoms with Crippen molar-refractivity contribution in [1.29, 1.82) is 0 Å². The molecule has 3 rings (SSSR count). The van der Waals surface area contributed by atoms with Gasteiger partial charge in [-0.15, -0.1) is 0 Å². The zero-order chi connectivity index (χ0) is 18.4. The Morgan fingerprint density at radius 2 is 1.92 bits per heavy atom. The van der Waals surface area contributed by atoms with E-state index in [1.54, 1.807) is 17.8 Å². The van der Waals surface area contributed by atoms with E-state index in [2.05, 4.69) is 10.5 Å². The highest BCUT2D eigenvalue weighted by Crippen LogP contribution is 2.23. The molecule has 0 atom stereocenters. The Balaban J connectivity index is 1.95. The largest absolute Gasteiger partial charge is 0.449 e. The van der Waals surface area contributed by atoms with Crippen molar-refractivity contribution in [1.82, 2.24) is 15.2 Å². The van der Waals surface area contributed by atoms with Gasteiger partial charge in [0.05, 0.1) is 18.5 Å². The van der Waals surface area contributed by atoms with E-state index in [1.165, 1.54) is 5.56 Å². The number of carbonyl (C=O) groups excluding carboxylic acids is 1. The molecule has 0 spiro atoms. The summed E-state index contributed by atoms with van der Waals surface area (Å²) in [7, 11) is 0. The molecular formula is C20H20N4O2. The van der Waals surface area contributed by atoms with Crippen LogP contribution in [0.25, 0.3) is 16.9 Å². The summed E-state index contributed by atoms with van der Waals surface area (Å²) in [6.07, 6.45) is 2.86. The highest BCUT2D eigenvalue weighted by molar-refractivity contribution is 5.89. The van der Waals surface area contributed by atoms with Crippen LogP contribution in [0.15, 0.2) is 65.9 Å². The average molecular weight is 348 g/mol. The van der Waals surface area contributed by atoms with E-state index >= 15 is 0 Å². The van der Waals surface area contributed by atoms with E-state index in [0.717, 1.165) is 22.5 Å². The summed E-state index contributed by atoms with van der Waals surface area (Å²) >= 11 is 0. The summed E-state index contributed by atoms with van der Waals surface area (Å²) in [4.78, 5) is 11.4. The van der Waals surface area contributed by atoms with Gasteiger partial charge in [0, 0.05) is 17.3 Å². The van der Waals surface area contributed by atoms with E-state index in [0.29, 0.717) is 6.61 Å². The molecule has 0 fully saturated rings. The topological polar surface area (TPSA) is 68.5 Å². The molecule has 0 unspecified atom stereocenters. The zero-order valence-corrected chi connectivity index (χ0v) is 14.7. The second kappa shape index (κ2) is 8.11. The molecule has 1 amide bonds. The van der Waals surface area contributed by atoms with Gasteiger partial charge in [-0.25, -0.2) is 14.9 Å². The van der Waals surface area contributed by atoms with Crippen LogP contribution in [0.4, 0.5) is 4.79 Å². The Kier molecular flexibility index (Phi) is 5.43. The van der Waals surface area contributed by atoms with Crippen LogP contribution < -0.4 is 5.43 Å². The van der Waals surface area contributed by atoms with Gasteiger partial charge in [-0.05, 0) is 26.0 Å². The molecule has 1 N–H and O–H groups in total. The molecule has 1 heterocycles. The van der Waals surface area contributed by atoms with Gasteiger partial charge in [0.15, 0.2) is 0 Å². The molecule has 3 aromatic rings. The molecule has 6 heteroatoms. The highest BCUT2D eigenvalue weighted by atomic mass is 16.5. The first-order valence-electron chi connectivity index (χ1n) is 8.35. The van der Waals surface area contributed by atoms with Gasteiger partial charge < -0.3 is 4.74 Å². The summed E-state index contributed by atoms with van der Waals surface area (Å²) in [5, 5.41) is 8.66. The van der Waals surface area contributed by atoms with Gasteiger partial charge in [0.1, 0.15) is 5.69 Å². The first kappa shape index (κ1) is 17.4. The quantitative estimate of drug-likeness (QED) is 0.561. The normalized spacial score (nSPS) is 10.8. The minimum absolute atomic E-state index is 0.294. The predicted octanol–water partition coefficient (Wildman–Crippen LogP) is 3.93. The molecular weight excluding hydrogens is 328 g/mol. The van der Waals surface area contributed by atoms with Gasteiger partial charge >= 0.3 is 6.09 Å². The van der Waals surface area contributed by atoms with Crippen molar-refractivity contribution in [3.63, 3.8) is 0 Å². The number of nitrogens with one attached hydrogen (secondary N) is 1. The number of aryl methyl sites for hydroxylation is 1. The average Bonchev–Trinajstić information content (AvgIpc) is 3.07. The van der Waals surface area contributed by atoms with Crippen LogP contribution in [0.3, 0.4) is 0 Å². The highest BCUT2D eigenvalue weighted by Gasteiger charge is 2.11. The molecule has 6 nitrogen and oxygen atoms in total. The number of benzene rings is 2. The van der Waals surface area contributed by atoms with Crippen LogP contribution in [0.5, 0.6) is 0 Å². The Morgan fingerprint density at radius 3 is 2.62 bits per heavy atom. The van der Waals surface area contributed by atoms with E-state index in [9.17, 15) is 4.79 Å². The predicted molar refractivity (Wildman–Crippen MR) is 101 cm³/mol. The van der Waals surface area contributed by atoms with Crippen molar-refractivity contribution in [2.24, 2.45) is 5.10 Å². The Hall–Kier alpha value is -3.41. The third kappa shape index (κ3) is 4.16. The van der Waals surface area contributed by atoms with Crippen molar-refractivity contribution in [2.75, 3.05) is 6.61 Å². The SMILES string of the molecule is CCOC(=O)N/N=C\c1cn(-c2ccccc2)nc1-c1ccc(C)cc1. The number of carbonyl (C=O) groups is 1. The number of ether oxygens (including phenoxy) is 1. The van der Waals surface area contributed by atoms with Crippen LogP contribution in [-0.2, 0) is 4.74 Å². The molecule has 0 saturated carbocycles. The van der Waals surface area contributed by atoms with Gasteiger partial charge in [0.25, 0.3) is 0 Å². The van der Waals surface area contributed by atoms with Crippen LogP contribution in [0, 0.1) is 6.92 Å². The van der Waals surface area contributed by atoms with Crippen molar-refractivity contribution in [3.05, 3.63) is 71.9 Å². The van der Waals surface area contributed by atoms with Crippen molar-refractivity contribution >= 4 is 12.3 Å². The summed E-state index contributed by atoms with van der Waals surface area (Å²) in [5.74, 6) is 0. The first-order valence-corrected chi connectivity index (χ1v) is 8.35. The lowest BCUT2D eigenvalue weighted by molar-refractivity contribution is 0.152. The molecule has 0 aliphatic carbocycles. The summed E-state index contributed by atoms with van der Waals surface area (Å²) in [5.41, 5.74) is 7.00. The number of aromatic nitrogens is 2. The molecule has 0 saturated heterocycles. The van der Waals surface area contributed by atoms with Gasteiger partial charge in [-0.3, -0.25) is 0 Å². The number of rotatable bonds is 5. The van der Waals surface area contributed by atoms with Gasteiger partial charge in [0.2, 0.25) is 0 Å². The molecule has 2 aromatic carbocycles. The molecule has 1 aromatic heterocycles. The number of nitrogens with zero attached hydrogens (tertiary/aromatic N) is 3. The van der Waals surface area contributed by atoms with Gasteiger partial charge in [-0.2, -0.15) is 10.2 Å². The molecule has 0 radical (unpaired) electrons. The molecule has 132 valence electrons. The Labute approximate surface area is 152 Å². The smallest absolute Gasteiger partial charge is 0.427 e. The molecule has 0 aliphatic rings. The van der Waals surface area contributed by atoms with E-state index in [1.807, 2.05) is 67.7 Å². The lowest BCUT2D eigenvalue weighted by atomic mass is 10.1. The third-order valence-electron chi connectivity index (χ3n) is 3.72. The maximum Gasteiger partial charge on any atom is 0.427 e. The fourth-order valence-corrected chi connectivity index (χ4v) is 2.45. The second-order valence-corrected chi connectivity index (χ2v) is 5.67. The molecule has 0 aliphatic heterocycles. The number of hydrogen-bond donors (Lipinski definition) is 1. The summed E-state index contributed by atoms with van der Waals surface area (Å²) in [6, 6.07) is 17.9. The standard InChI is InChI=1S/C20H20N4O2/c1-3-26-20(25)22-21-13-17-14-24(18-7-5-4-6-8-18)23-19(17)16-11-9-15(2)10-12-16/h4-14H,3H2,1-2H3,(H,22,25)/b21-13-. The van der Waals surface area contributed by atoms with Crippen LogP contribution in [-0.4, -0.2) is 28.7 Å². The minimum Gasteiger partial charge on any atom is -0.449 e. The van der Waals surface area contributed by atoms with Crippen molar-refractivity contribution in [3.8, 4) is 16.9 Å². The Bertz CT molecular complexity index is 899. The van der Waals surface area contributed by atoms with E-state index < -0.39 is 6.09 Å². The maximum atomic E-state index is 11.4. The maximum absolute atomic E-state index is 11.4. The fraction of sp³-hybridized carbons (Fsp3) is 0.150. The fourth-order valence-electron chi connectivity index (χ4n) is 2.45. The van der Waals surface area contributed by atoms with Gasteiger partial charge in [-0.1, -0.05) is 48.0 Å². The van der Waals surface area contributed by atoms with E-state index in [-0.39, 0.29) is 0 Å². The lowest BCUT2D eigenvalue weighted by Crippen LogP contribution is -2.18. The number of amides is 1. The van der Waals surface area contributed by atoms with E-state index in [4.69, 9.17) is 9.84 Å². The third-order valence-corrected chi connectivity index (χ3v) is 3.72. The van der Waals surface area contributed by atoms with Crippen molar-refractivity contribution in [2.45, 2.75) is 13.8 Å². The summed E-state index contributed by atoms with van der Waals surface area (Å²) in [6.45, 7) is 4.07. The first-order chi connectivity index (χ1) is 12.7. The zero-order valence-electron chi connectivity index (χ0n) is 14.7. The second-order valence-electron chi connectivity index (χ2n) is 5.67. The molecule has 26 heavy (non-hydrogen) atoms. The number of para-hydroxylation sites is 1.